The van der Waals surface area contributed by atoms with E-state index in [1.807, 2.05) is 24.3 Å². The molecule has 0 bridgehead atoms. The van der Waals surface area contributed by atoms with Crippen LogP contribution in [0.25, 0.3) is 0 Å². The first-order chi connectivity index (χ1) is 10.7. The molecular formula is C17H25N5. The number of hydrogen-bond acceptors (Lipinski definition) is 5. The van der Waals surface area contributed by atoms with Crippen LogP contribution in [-0.4, -0.2) is 48.6 Å². The van der Waals surface area contributed by atoms with Crippen molar-refractivity contribution >= 4 is 17.3 Å². The molecule has 0 aliphatic carbocycles. The van der Waals surface area contributed by atoms with Crippen LogP contribution in [0.15, 0.2) is 42.7 Å². The highest BCUT2D eigenvalue weighted by atomic mass is 15.2. The number of anilines is 3. The second-order valence-corrected chi connectivity index (χ2v) is 5.42. The van der Waals surface area contributed by atoms with Crippen LogP contribution in [0.3, 0.4) is 0 Å². The zero-order chi connectivity index (χ0) is 15.8. The van der Waals surface area contributed by atoms with Crippen molar-refractivity contribution in [1.82, 2.24) is 14.9 Å². The molecule has 0 spiro atoms. The van der Waals surface area contributed by atoms with E-state index in [1.165, 1.54) is 0 Å². The third-order valence-electron chi connectivity index (χ3n) is 3.40. The Bertz CT molecular complexity index is 556. The van der Waals surface area contributed by atoms with Crippen LogP contribution in [0.4, 0.5) is 17.3 Å². The van der Waals surface area contributed by atoms with Crippen LogP contribution in [0.5, 0.6) is 0 Å². The Morgan fingerprint density at radius 2 is 1.86 bits per heavy atom. The summed E-state index contributed by atoms with van der Waals surface area (Å²) in [5, 5.41) is 3.37. The summed E-state index contributed by atoms with van der Waals surface area (Å²) in [5.41, 5.74) is 1.14. The van der Waals surface area contributed by atoms with Gasteiger partial charge in [0.25, 0.3) is 0 Å². The number of nitrogens with zero attached hydrogens (tertiary/aromatic N) is 4. The molecule has 0 saturated carbocycles. The van der Waals surface area contributed by atoms with E-state index in [-0.39, 0.29) is 0 Å². The molecule has 0 amide bonds. The fraction of sp³-hybridized carbons (Fsp3) is 0.412. The van der Waals surface area contributed by atoms with Crippen LogP contribution in [0.1, 0.15) is 13.3 Å². The topological polar surface area (TPSA) is 44.3 Å². The summed E-state index contributed by atoms with van der Waals surface area (Å²) in [7, 11) is 4.17. The molecule has 0 saturated heterocycles. The highest BCUT2D eigenvalue weighted by Gasteiger charge is 2.09. The van der Waals surface area contributed by atoms with Crippen molar-refractivity contribution in [2.24, 2.45) is 0 Å². The normalized spacial score (nSPS) is 10.7. The van der Waals surface area contributed by atoms with Crippen LogP contribution >= 0.6 is 0 Å². The maximum absolute atomic E-state index is 4.41. The molecule has 5 nitrogen and oxygen atoms in total. The summed E-state index contributed by atoms with van der Waals surface area (Å²) < 4.78 is 0. The standard InChI is InChI=1S/C17H25N5/c1-4-22(15-9-6-5-7-10-15)17-13-16(19-14-20-17)18-11-8-12-21(2)3/h5-7,9-10,13-14H,4,8,11-12H2,1-3H3,(H,18,19,20). The van der Waals surface area contributed by atoms with Crippen molar-refractivity contribution in [3.8, 4) is 0 Å². The second kappa shape index (κ2) is 8.34. The fourth-order valence-electron chi connectivity index (χ4n) is 2.29. The highest BCUT2D eigenvalue weighted by molar-refractivity contribution is 5.61. The molecule has 0 aliphatic rings. The Balaban J connectivity index is 2.03. The minimum Gasteiger partial charge on any atom is -0.370 e. The molecule has 0 radical (unpaired) electrons. The minimum atomic E-state index is 0.862. The highest BCUT2D eigenvalue weighted by Crippen LogP contribution is 2.23. The van der Waals surface area contributed by atoms with E-state index in [9.17, 15) is 0 Å². The van der Waals surface area contributed by atoms with Gasteiger partial charge in [-0.1, -0.05) is 18.2 Å². The first-order valence-electron chi connectivity index (χ1n) is 7.74. The number of aromatic nitrogens is 2. The molecule has 2 rings (SSSR count). The van der Waals surface area contributed by atoms with Crippen molar-refractivity contribution in [3.05, 3.63) is 42.7 Å². The Morgan fingerprint density at radius 3 is 2.55 bits per heavy atom. The summed E-state index contributed by atoms with van der Waals surface area (Å²) in [4.78, 5) is 13.1. The second-order valence-electron chi connectivity index (χ2n) is 5.42. The van der Waals surface area contributed by atoms with E-state index in [0.29, 0.717) is 0 Å². The molecule has 0 unspecified atom stereocenters. The Kier molecular flexibility index (Phi) is 6.15. The van der Waals surface area contributed by atoms with Crippen LogP contribution in [-0.2, 0) is 0 Å². The van der Waals surface area contributed by atoms with Gasteiger partial charge in [-0.15, -0.1) is 0 Å². The molecule has 118 valence electrons. The molecule has 1 aromatic heterocycles. The van der Waals surface area contributed by atoms with Crippen molar-refractivity contribution in [2.45, 2.75) is 13.3 Å². The maximum Gasteiger partial charge on any atom is 0.138 e. The van der Waals surface area contributed by atoms with Crippen molar-refractivity contribution in [1.29, 1.82) is 0 Å². The van der Waals surface area contributed by atoms with Crippen molar-refractivity contribution in [2.75, 3.05) is 43.9 Å². The van der Waals surface area contributed by atoms with Gasteiger partial charge in [0.2, 0.25) is 0 Å². The Morgan fingerprint density at radius 1 is 1.09 bits per heavy atom. The molecule has 0 fully saturated rings. The summed E-state index contributed by atoms with van der Waals surface area (Å²) in [6.45, 7) is 4.96. The number of nitrogens with one attached hydrogen (secondary N) is 1. The molecule has 5 heteroatoms. The molecule has 0 atom stereocenters. The first-order valence-corrected chi connectivity index (χ1v) is 7.74. The van der Waals surface area contributed by atoms with E-state index >= 15 is 0 Å². The zero-order valence-electron chi connectivity index (χ0n) is 13.7. The third kappa shape index (κ3) is 4.70. The third-order valence-corrected chi connectivity index (χ3v) is 3.40. The SMILES string of the molecule is CCN(c1ccccc1)c1cc(NCCCN(C)C)ncn1. The monoisotopic (exact) mass is 299 g/mol. The molecule has 22 heavy (non-hydrogen) atoms. The van der Waals surface area contributed by atoms with E-state index in [1.54, 1.807) is 6.33 Å². The number of benzene rings is 1. The number of rotatable bonds is 8. The fourth-order valence-corrected chi connectivity index (χ4v) is 2.29. The summed E-state index contributed by atoms with van der Waals surface area (Å²) in [6, 6.07) is 12.3. The Hall–Kier alpha value is -2.14. The molecular weight excluding hydrogens is 274 g/mol. The number of para-hydroxylation sites is 1. The van der Waals surface area contributed by atoms with Crippen LogP contribution in [0.2, 0.25) is 0 Å². The van der Waals surface area contributed by atoms with Gasteiger partial charge in [0.1, 0.15) is 18.0 Å². The van der Waals surface area contributed by atoms with Gasteiger partial charge >= 0.3 is 0 Å². The lowest BCUT2D eigenvalue weighted by Crippen LogP contribution is -2.18. The van der Waals surface area contributed by atoms with Gasteiger partial charge in [-0.25, -0.2) is 9.97 Å². The van der Waals surface area contributed by atoms with Gasteiger partial charge in [-0.05, 0) is 46.1 Å². The summed E-state index contributed by atoms with van der Waals surface area (Å²) >= 11 is 0. The van der Waals surface area contributed by atoms with Gasteiger partial charge in [-0.2, -0.15) is 0 Å². The number of hydrogen-bond donors (Lipinski definition) is 1. The van der Waals surface area contributed by atoms with Crippen molar-refractivity contribution < 1.29 is 0 Å². The van der Waals surface area contributed by atoms with E-state index in [2.05, 4.69) is 58.2 Å². The van der Waals surface area contributed by atoms with Crippen molar-refractivity contribution in [3.63, 3.8) is 0 Å². The molecule has 1 aromatic carbocycles. The summed E-state index contributed by atoms with van der Waals surface area (Å²) in [6.07, 6.45) is 2.71. The molecule has 1 N–H and O–H groups in total. The maximum atomic E-state index is 4.41. The van der Waals surface area contributed by atoms with Gasteiger partial charge in [0.15, 0.2) is 0 Å². The van der Waals surface area contributed by atoms with Gasteiger partial charge < -0.3 is 15.1 Å². The minimum absolute atomic E-state index is 0.862. The lowest BCUT2D eigenvalue weighted by Gasteiger charge is -2.22. The zero-order valence-corrected chi connectivity index (χ0v) is 13.7. The van der Waals surface area contributed by atoms with E-state index in [4.69, 9.17) is 0 Å². The largest absolute Gasteiger partial charge is 0.370 e. The Labute approximate surface area is 133 Å². The smallest absolute Gasteiger partial charge is 0.138 e. The molecule has 0 aliphatic heterocycles. The quantitative estimate of drug-likeness (QED) is 0.759. The molecule has 1 heterocycles. The predicted molar refractivity (Wildman–Crippen MR) is 92.8 cm³/mol. The molecule has 2 aromatic rings. The summed E-state index contributed by atoms with van der Waals surface area (Å²) in [5.74, 6) is 1.79. The first kappa shape index (κ1) is 16.2. The lowest BCUT2D eigenvalue weighted by molar-refractivity contribution is 0.405. The van der Waals surface area contributed by atoms with Gasteiger partial charge in [0, 0.05) is 24.8 Å². The average Bonchev–Trinajstić information content (AvgIpc) is 2.54. The van der Waals surface area contributed by atoms with E-state index in [0.717, 1.165) is 43.4 Å². The average molecular weight is 299 g/mol. The van der Waals surface area contributed by atoms with E-state index < -0.39 is 0 Å². The predicted octanol–water partition coefficient (Wildman–Crippen LogP) is 3.00. The van der Waals surface area contributed by atoms with Gasteiger partial charge in [0.05, 0.1) is 0 Å². The van der Waals surface area contributed by atoms with Crippen LogP contribution in [0, 0.1) is 0 Å². The lowest BCUT2D eigenvalue weighted by atomic mass is 10.3. The van der Waals surface area contributed by atoms with Crippen LogP contribution < -0.4 is 10.2 Å². The van der Waals surface area contributed by atoms with Gasteiger partial charge in [-0.3, -0.25) is 0 Å².